The average Bonchev–Trinajstić information content (AvgIpc) is 2.78. The van der Waals surface area contributed by atoms with Crippen LogP contribution in [0.2, 0.25) is 0 Å². The summed E-state index contributed by atoms with van der Waals surface area (Å²) in [5.41, 5.74) is 1.70. The molecule has 1 unspecified atom stereocenters. The van der Waals surface area contributed by atoms with Crippen LogP contribution in [0.5, 0.6) is 0 Å². The summed E-state index contributed by atoms with van der Waals surface area (Å²) in [6.07, 6.45) is 3.23. The first-order valence-corrected chi connectivity index (χ1v) is 5.63. The van der Waals surface area contributed by atoms with E-state index >= 15 is 0 Å². The van der Waals surface area contributed by atoms with E-state index in [1.807, 2.05) is 36.4 Å². The van der Waals surface area contributed by atoms with Crippen LogP contribution in [0, 0.1) is 11.3 Å². The fraction of sp³-hybridized carbons (Fsp3) is 0.286. The molecule has 0 N–H and O–H groups in total. The molecule has 1 atom stereocenters. The molecule has 0 aromatic heterocycles. The Hall–Kier alpha value is -2.08. The predicted molar refractivity (Wildman–Crippen MR) is 63.0 cm³/mol. The van der Waals surface area contributed by atoms with Crippen LogP contribution in [0.3, 0.4) is 0 Å². The Bertz CT molecular complexity index is 471. The zero-order chi connectivity index (χ0) is 12.1. The minimum atomic E-state index is -0.337. The van der Waals surface area contributed by atoms with E-state index in [0.29, 0.717) is 24.8 Å². The maximum atomic E-state index is 11.0. The maximum absolute atomic E-state index is 11.0. The Balaban J connectivity index is 2.04. The van der Waals surface area contributed by atoms with Gasteiger partial charge in [-0.05, 0) is 18.4 Å². The average molecular weight is 227 g/mol. The first-order chi connectivity index (χ1) is 8.29. The molecule has 1 saturated heterocycles. The van der Waals surface area contributed by atoms with E-state index in [2.05, 4.69) is 6.07 Å². The Morgan fingerprint density at radius 2 is 2.24 bits per heavy atom. The fourth-order valence-electron chi connectivity index (χ4n) is 1.84. The number of nitriles is 1. The second-order valence-electron chi connectivity index (χ2n) is 3.98. The number of allylic oxidation sites excluding steroid dienone is 1. The molecule has 86 valence electrons. The number of cyclic esters (lactones) is 1. The Morgan fingerprint density at radius 1 is 1.47 bits per heavy atom. The lowest BCUT2D eigenvalue weighted by Gasteiger charge is -2.07. The fourth-order valence-corrected chi connectivity index (χ4v) is 1.84. The number of esters is 1. The van der Waals surface area contributed by atoms with Crippen molar-refractivity contribution >= 4 is 5.97 Å². The summed E-state index contributed by atoms with van der Waals surface area (Å²) < 4.78 is 5.07. The number of hydrogen-bond acceptors (Lipinski definition) is 3. The third-order valence-electron chi connectivity index (χ3n) is 2.76. The number of ether oxygens (including phenoxy) is 1. The monoisotopic (exact) mass is 227 g/mol. The van der Waals surface area contributed by atoms with Crippen molar-refractivity contribution in [2.45, 2.75) is 25.4 Å². The van der Waals surface area contributed by atoms with E-state index in [4.69, 9.17) is 10.00 Å². The topological polar surface area (TPSA) is 50.1 Å². The van der Waals surface area contributed by atoms with Crippen LogP contribution in [-0.4, -0.2) is 12.1 Å². The molecule has 0 bridgehead atoms. The predicted octanol–water partition coefficient (Wildman–Crippen LogP) is 2.38. The summed E-state index contributed by atoms with van der Waals surface area (Å²) in [6.45, 7) is 0. The molecule has 1 fully saturated rings. The summed E-state index contributed by atoms with van der Waals surface area (Å²) in [5.74, 6) is -0.212. The molecule has 1 aromatic carbocycles. The minimum Gasteiger partial charge on any atom is -0.457 e. The summed E-state index contributed by atoms with van der Waals surface area (Å²) in [5, 5.41) is 9.04. The van der Waals surface area contributed by atoms with E-state index < -0.39 is 0 Å². The minimum absolute atomic E-state index is 0.212. The first kappa shape index (κ1) is 11.4. The summed E-state index contributed by atoms with van der Waals surface area (Å²) in [7, 11) is 0. The van der Waals surface area contributed by atoms with Crippen molar-refractivity contribution in [2.24, 2.45) is 0 Å². The van der Waals surface area contributed by atoms with Crippen LogP contribution < -0.4 is 0 Å². The van der Waals surface area contributed by atoms with Gasteiger partial charge >= 0.3 is 5.97 Å². The molecule has 0 radical (unpaired) electrons. The molecule has 0 amide bonds. The molecule has 0 saturated carbocycles. The molecule has 1 aliphatic rings. The Kier molecular flexibility index (Phi) is 3.56. The van der Waals surface area contributed by atoms with Gasteiger partial charge in [0, 0.05) is 6.42 Å². The summed E-state index contributed by atoms with van der Waals surface area (Å²) in [6, 6.07) is 12.0. The second-order valence-corrected chi connectivity index (χ2v) is 3.98. The van der Waals surface area contributed by atoms with Gasteiger partial charge in [-0.2, -0.15) is 5.26 Å². The van der Waals surface area contributed by atoms with Crippen molar-refractivity contribution in [2.75, 3.05) is 0 Å². The van der Waals surface area contributed by atoms with Crippen LogP contribution >= 0.6 is 0 Å². The van der Waals surface area contributed by atoms with Crippen molar-refractivity contribution < 1.29 is 9.53 Å². The van der Waals surface area contributed by atoms with Crippen LogP contribution in [0.25, 0.3) is 0 Å². The number of benzene rings is 1. The Labute approximate surface area is 100 Å². The van der Waals surface area contributed by atoms with Crippen LogP contribution in [0.4, 0.5) is 0 Å². The molecule has 0 aliphatic carbocycles. The first-order valence-electron chi connectivity index (χ1n) is 5.63. The molecule has 17 heavy (non-hydrogen) atoms. The highest BCUT2D eigenvalue weighted by atomic mass is 16.5. The quantitative estimate of drug-likeness (QED) is 0.588. The normalized spacial score (nSPS) is 19.8. The summed E-state index contributed by atoms with van der Waals surface area (Å²) >= 11 is 0. The van der Waals surface area contributed by atoms with Crippen molar-refractivity contribution in [1.29, 1.82) is 5.26 Å². The molecule has 1 heterocycles. The zero-order valence-corrected chi connectivity index (χ0v) is 9.43. The smallest absolute Gasteiger partial charge is 0.306 e. The maximum Gasteiger partial charge on any atom is 0.306 e. The number of carbonyl (C=O) groups excluding carboxylic acids is 1. The number of rotatable bonds is 3. The van der Waals surface area contributed by atoms with Gasteiger partial charge in [0.05, 0.1) is 11.6 Å². The van der Waals surface area contributed by atoms with Gasteiger partial charge in [0.2, 0.25) is 0 Å². The highest BCUT2D eigenvalue weighted by molar-refractivity contribution is 5.72. The molecule has 3 nitrogen and oxygen atoms in total. The van der Waals surface area contributed by atoms with E-state index in [9.17, 15) is 4.79 Å². The van der Waals surface area contributed by atoms with Gasteiger partial charge in [-0.1, -0.05) is 36.4 Å². The van der Waals surface area contributed by atoms with Crippen molar-refractivity contribution in [3.05, 3.63) is 47.5 Å². The third-order valence-corrected chi connectivity index (χ3v) is 2.76. The Morgan fingerprint density at radius 3 is 2.82 bits per heavy atom. The van der Waals surface area contributed by atoms with Crippen LogP contribution in [-0.2, 0) is 16.0 Å². The van der Waals surface area contributed by atoms with Crippen molar-refractivity contribution in [3.8, 4) is 6.07 Å². The van der Waals surface area contributed by atoms with E-state index in [0.717, 1.165) is 5.56 Å². The van der Waals surface area contributed by atoms with Crippen molar-refractivity contribution in [3.63, 3.8) is 0 Å². The van der Waals surface area contributed by atoms with Crippen LogP contribution in [0.1, 0.15) is 18.4 Å². The lowest BCUT2D eigenvalue weighted by molar-refractivity contribution is -0.140. The van der Waals surface area contributed by atoms with Gasteiger partial charge in [-0.25, -0.2) is 0 Å². The van der Waals surface area contributed by atoms with Gasteiger partial charge in [0.15, 0.2) is 0 Å². The molecule has 1 aromatic rings. The lowest BCUT2D eigenvalue weighted by atomic mass is 10.0. The molecule has 2 rings (SSSR count). The number of carbonyl (C=O) groups is 1. The van der Waals surface area contributed by atoms with Gasteiger partial charge in [0.25, 0.3) is 0 Å². The SMILES string of the molecule is N#C/C(=C\Cc1ccccc1)C1CCC(=O)O1. The van der Waals surface area contributed by atoms with E-state index in [1.54, 1.807) is 0 Å². The van der Waals surface area contributed by atoms with Crippen LogP contribution in [0.15, 0.2) is 42.0 Å². The highest BCUT2D eigenvalue weighted by Crippen LogP contribution is 2.21. The number of nitrogens with zero attached hydrogens (tertiary/aromatic N) is 1. The molecule has 0 spiro atoms. The highest BCUT2D eigenvalue weighted by Gasteiger charge is 2.26. The summed E-state index contributed by atoms with van der Waals surface area (Å²) in [4.78, 5) is 11.0. The standard InChI is InChI=1S/C14H13NO2/c15-10-12(13-8-9-14(16)17-13)7-6-11-4-2-1-3-5-11/h1-5,7,13H,6,8-9H2/b12-7+. The van der Waals surface area contributed by atoms with Gasteiger partial charge < -0.3 is 4.74 Å². The zero-order valence-electron chi connectivity index (χ0n) is 9.43. The molecular formula is C14H13NO2. The van der Waals surface area contributed by atoms with Gasteiger partial charge in [-0.15, -0.1) is 0 Å². The van der Waals surface area contributed by atoms with Gasteiger partial charge in [-0.3, -0.25) is 4.79 Å². The largest absolute Gasteiger partial charge is 0.457 e. The third kappa shape index (κ3) is 2.94. The second kappa shape index (κ2) is 5.31. The molecule has 3 heteroatoms. The lowest BCUT2D eigenvalue weighted by Crippen LogP contribution is -2.09. The van der Waals surface area contributed by atoms with Gasteiger partial charge in [0.1, 0.15) is 6.10 Å². The van der Waals surface area contributed by atoms with E-state index in [-0.39, 0.29) is 12.1 Å². The van der Waals surface area contributed by atoms with E-state index in [1.165, 1.54) is 0 Å². The molecule has 1 aliphatic heterocycles. The number of hydrogen-bond donors (Lipinski definition) is 0. The van der Waals surface area contributed by atoms with Crippen molar-refractivity contribution in [1.82, 2.24) is 0 Å². The molecular weight excluding hydrogens is 214 g/mol.